The maximum Gasteiger partial charge on any atom is 0.336 e. The van der Waals surface area contributed by atoms with Gasteiger partial charge in [-0.1, -0.05) is 25.3 Å². The van der Waals surface area contributed by atoms with Gasteiger partial charge in [-0.3, -0.25) is 0 Å². The minimum Gasteiger partial charge on any atom is -0.463 e. The van der Waals surface area contributed by atoms with Gasteiger partial charge < -0.3 is 15.2 Å². The van der Waals surface area contributed by atoms with Crippen LogP contribution in [0, 0.1) is 17.6 Å². The molecule has 3 atom stereocenters. The van der Waals surface area contributed by atoms with Gasteiger partial charge >= 0.3 is 5.97 Å². The van der Waals surface area contributed by atoms with Crippen LogP contribution in [-0.4, -0.2) is 44.2 Å². The fourth-order valence-corrected chi connectivity index (χ4v) is 6.17. The Morgan fingerprint density at radius 1 is 1.33 bits per heavy atom. The molecule has 0 saturated heterocycles. The molecule has 2 aliphatic rings. The summed E-state index contributed by atoms with van der Waals surface area (Å²) in [5.74, 6) is -1.85. The Morgan fingerprint density at radius 3 is 2.88 bits per heavy atom. The zero-order valence-electron chi connectivity index (χ0n) is 18.5. The zero-order chi connectivity index (χ0) is 23.4. The number of hydrogen-bond acceptors (Lipinski definition) is 7. The molecule has 3 unspecified atom stereocenters. The SMILES string of the molecule is CCOC(=O)C1=C(NCC(O)(Cn2cncn2)c2ccc(F)cc2F)SC2CCCCCC12. The van der Waals surface area contributed by atoms with Gasteiger partial charge in [-0.15, -0.1) is 11.8 Å². The van der Waals surface area contributed by atoms with Crippen LogP contribution in [0.5, 0.6) is 0 Å². The number of esters is 1. The monoisotopic (exact) mass is 478 g/mol. The highest BCUT2D eigenvalue weighted by molar-refractivity contribution is 8.04. The molecule has 2 aromatic rings. The molecule has 2 heterocycles. The van der Waals surface area contributed by atoms with Crippen molar-refractivity contribution >= 4 is 17.7 Å². The number of nitrogens with zero attached hydrogens (tertiary/aromatic N) is 3. The van der Waals surface area contributed by atoms with Crippen molar-refractivity contribution in [2.45, 2.75) is 56.4 Å². The maximum atomic E-state index is 14.7. The van der Waals surface area contributed by atoms with Crippen LogP contribution in [0.15, 0.2) is 41.5 Å². The molecule has 1 fully saturated rings. The number of carbonyl (C=O) groups is 1. The highest BCUT2D eigenvalue weighted by atomic mass is 32.2. The number of thioether (sulfide) groups is 1. The van der Waals surface area contributed by atoms with E-state index in [1.807, 2.05) is 0 Å². The molecule has 0 amide bonds. The van der Waals surface area contributed by atoms with E-state index in [1.165, 1.54) is 23.4 Å². The molecule has 1 saturated carbocycles. The number of halogens is 2. The largest absolute Gasteiger partial charge is 0.463 e. The summed E-state index contributed by atoms with van der Waals surface area (Å²) < 4.78 is 35.0. The molecule has 1 aliphatic heterocycles. The Kier molecular flexibility index (Phi) is 7.33. The van der Waals surface area contributed by atoms with Gasteiger partial charge in [0, 0.05) is 22.8 Å². The Morgan fingerprint density at radius 2 is 2.15 bits per heavy atom. The number of carbonyl (C=O) groups excluding carboxylic acids is 1. The van der Waals surface area contributed by atoms with E-state index in [-0.39, 0.29) is 42.4 Å². The lowest BCUT2D eigenvalue weighted by atomic mass is 9.91. The van der Waals surface area contributed by atoms with Gasteiger partial charge in [0.2, 0.25) is 0 Å². The first-order valence-electron chi connectivity index (χ1n) is 11.2. The molecule has 10 heteroatoms. The van der Waals surface area contributed by atoms with E-state index in [2.05, 4.69) is 15.4 Å². The first-order valence-corrected chi connectivity index (χ1v) is 12.1. The molecule has 1 aromatic heterocycles. The predicted molar refractivity (Wildman–Crippen MR) is 120 cm³/mol. The van der Waals surface area contributed by atoms with Gasteiger partial charge in [0.25, 0.3) is 0 Å². The fourth-order valence-electron chi connectivity index (χ4n) is 4.63. The molecule has 1 aromatic carbocycles. The third-order valence-corrected chi connectivity index (χ3v) is 7.66. The summed E-state index contributed by atoms with van der Waals surface area (Å²) >= 11 is 1.59. The van der Waals surface area contributed by atoms with Crippen LogP contribution >= 0.6 is 11.8 Å². The number of aliphatic hydroxyl groups is 1. The van der Waals surface area contributed by atoms with Crippen molar-refractivity contribution in [3.63, 3.8) is 0 Å². The van der Waals surface area contributed by atoms with Crippen LogP contribution in [0.3, 0.4) is 0 Å². The first-order chi connectivity index (χ1) is 15.9. The van der Waals surface area contributed by atoms with Gasteiger partial charge in [0.1, 0.15) is 29.9 Å². The van der Waals surface area contributed by atoms with Crippen LogP contribution in [0.1, 0.15) is 44.6 Å². The predicted octanol–water partition coefficient (Wildman–Crippen LogP) is 3.50. The molecule has 0 spiro atoms. The number of nitrogens with one attached hydrogen (secondary N) is 1. The van der Waals surface area contributed by atoms with Crippen molar-refractivity contribution in [3.05, 3.63) is 58.7 Å². The zero-order valence-corrected chi connectivity index (χ0v) is 19.3. The smallest absolute Gasteiger partial charge is 0.336 e. The Hall–Kier alpha value is -2.46. The van der Waals surface area contributed by atoms with E-state index in [1.54, 1.807) is 18.7 Å². The topological polar surface area (TPSA) is 89.3 Å². The van der Waals surface area contributed by atoms with E-state index in [0.29, 0.717) is 10.6 Å². The van der Waals surface area contributed by atoms with Crippen molar-refractivity contribution < 1.29 is 23.4 Å². The van der Waals surface area contributed by atoms with Gasteiger partial charge in [0.05, 0.1) is 30.3 Å². The molecule has 33 heavy (non-hydrogen) atoms. The number of ether oxygens (including phenoxy) is 1. The summed E-state index contributed by atoms with van der Waals surface area (Å²) in [4.78, 5) is 16.7. The third kappa shape index (κ3) is 5.22. The van der Waals surface area contributed by atoms with Crippen molar-refractivity contribution in [2.24, 2.45) is 5.92 Å². The summed E-state index contributed by atoms with van der Waals surface area (Å²) in [6.07, 6.45) is 7.94. The fraction of sp³-hybridized carbons (Fsp3) is 0.522. The van der Waals surface area contributed by atoms with Crippen LogP contribution in [0.4, 0.5) is 8.78 Å². The molecule has 0 radical (unpaired) electrons. The number of hydrogen-bond donors (Lipinski definition) is 2. The molecular weight excluding hydrogens is 450 g/mol. The Bertz CT molecular complexity index is 1020. The molecular formula is C23H28F2N4O3S. The molecule has 7 nitrogen and oxygen atoms in total. The Balaban J connectivity index is 1.64. The number of rotatable bonds is 8. The van der Waals surface area contributed by atoms with Crippen LogP contribution in [0.2, 0.25) is 0 Å². The average molecular weight is 479 g/mol. The lowest BCUT2D eigenvalue weighted by Gasteiger charge is -2.30. The van der Waals surface area contributed by atoms with Crippen LogP contribution in [-0.2, 0) is 21.7 Å². The highest BCUT2D eigenvalue weighted by Crippen LogP contribution is 2.47. The molecule has 178 valence electrons. The average Bonchev–Trinajstić information content (AvgIpc) is 3.34. The van der Waals surface area contributed by atoms with Gasteiger partial charge in [-0.05, 0) is 25.8 Å². The van der Waals surface area contributed by atoms with Crippen LogP contribution < -0.4 is 5.32 Å². The highest BCUT2D eigenvalue weighted by Gasteiger charge is 2.42. The quantitative estimate of drug-likeness (QED) is 0.562. The third-order valence-electron chi connectivity index (χ3n) is 6.20. The van der Waals surface area contributed by atoms with Crippen molar-refractivity contribution in [1.29, 1.82) is 0 Å². The number of aromatic nitrogens is 3. The van der Waals surface area contributed by atoms with E-state index in [0.717, 1.165) is 44.2 Å². The Labute approximate surface area is 195 Å². The lowest BCUT2D eigenvalue weighted by molar-refractivity contribution is -0.139. The summed E-state index contributed by atoms with van der Waals surface area (Å²) in [6, 6.07) is 3.08. The normalized spacial score (nSPS) is 22.4. The van der Waals surface area contributed by atoms with Gasteiger partial charge in [-0.2, -0.15) is 5.10 Å². The minimum atomic E-state index is -1.77. The van der Waals surface area contributed by atoms with Crippen molar-refractivity contribution in [3.8, 4) is 0 Å². The molecule has 2 N–H and O–H groups in total. The summed E-state index contributed by atoms with van der Waals surface area (Å²) in [5, 5.41) is 19.7. The summed E-state index contributed by atoms with van der Waals surface area (Å²) in [6.45, 7) is 1.82. The van der Waals surface area contributed by atoms with Gasteiger partial charge in [0.15, 0.2) is 0 Å². The second kappa shape index (κ2) is 10.2. The second-order valence-electron chi connectivity index (χ2n) is 8.47. The van der Waals surface area contributed by atoms with Crippen molar-refractivity contribution in [1.82, 2.24) is 20.1 Å². The van der Waals surface area contributed by atoms with Crippen molar-refractivity contribution in [2.75, 3.05) is 13.2 Å². The summed E-state index contributed by atoms with van der Waals surface area (Å²) in [5.41, 5.74) is -1.23. The first kappa shape index (κ1) is 23.7. The van der Waals surface area contributed by atoms with E-state index >= 15 is 0 Å². The number of benzene rings is 1. The van der Waals surface area contributed by atoms with Crippen LogP contribution in [0.25, 0.3) is 0 Å². The second-order valence-corrected chi connectivity index (χ2v) is 9.72. The standard InChI is InChI=1S/C23H28F2N4O3S/c1-2-32-22(30)20-16-6-4-3-5-7-19(16)33-21(20)27-11-23(31,12-29-14-26-13-28-29)17-9-8-15(24)10-18(17)25/h8-10,13-14,16,19,27,31H,2-7,11-12H2,1H3. The van der Waals surface area contributed by atoms with E-state index in [4.69, 9.17) is 4.74 Å². The van der Waals surface area contributed by atoms with E-state index < -0.39 is 17.2 Å². The van der Waals surface area contributed by atoms with Gasteiger partial charge in [-0.25, -0.2) is 23.2 Å². The molecule has 1 aliphatic carbocycles. The lowest BCUT2D eigenvalue weighted by Crippen LogP contribution is -2.42. The minimum absolute atomic E-state index is 0.0672. The molecule has 0 bridgehead atoms. The maximum absolute atomic E-state index is 14.7. The van der Waals surface area contributed by atoms with E-state index in [9.17, 15) is 18.7 Å². The summed E-state index contributed by atoms with van der Waals surface area (Å²) in [7, 11) is 0. The number of fused-ring (bicyclic) bond motifs is 1. The molecule has 4 rings (SSSR count).